The van der Waals surface area contributed by atoms with Crippen molar-refractivity contribution in [2.24, 2.45) is 0 Å². The van der Waals surface area contributed by atoms with Crippen molar-refractivity contribution in [3.63, 3.8) is 0 Å². The van der Waals surface area contributed by atoms with E-state index in [0.717, 1.165) is 5.56 Å². The summed E-state index contributed by atoms with van der Waals surface area (Å²) in [6.45, 7) is 3.47. The second-order valence-electron chi connectivity index (χ2n) is 5.82. The molecule has 0 atom stereocenters. The number of halogens is 2. The first-order valence-electron chi connectivity index (χ1n) is 7.68. The first-order chi connectivity index (χ1) is 12.2. The molecule has 0 aliphatic carbocycles. The first-order valence-corrected chi connectivity index (χ1v) is 9.27. The van der Waals surface area contributed by atoms with Gasteiger partial charge in [0.05, 0.1) is 8.95 Å². The van der Waals surface area contributed by atoms with Crippen molar-refractivity contribution in [2.75, 3.05) is 6.54 Å². The zero-order valence-corrected chi connectivity index (χ0v) is 17.2. The van der Waals surface area contributed by atoms with Crippen molar-refractivity contribution in [2.45, 2.75) is 19.8 Å². The molecule has 6 nitrogen and oxygen atoms in total. The number of carboxylic acid groups (broad SMARTS) is 1. The average molecular weight is 487 g/mol. The number of aromatic hydroxyl groups is 1. The molecule has 0 spiro atoms. The van der Waals surface area contributed by atoms with E-state index in [2.05, 4.69) is 37.2 Å². The highest BCUT2D eigenvalue weighted by molar-refractivity contribution is 9.11. The van der Waals surface area contributed by atoms with Crippen LogP contribution >= 0.6 is 31.9 Å². The van der Waals surface area contributed by atoms with Crippen LogP contribution in [0.2, 0.25) is 0 Å². The number of aliphatic carboxylic acids is 1. The molecule has 0 aliphatic heterocycles. The number of phenols is 1. The molecule has 8 heteroatoms. The number of benzene rings is 2. The number of nitrogens with one attached hydrogen (secondary N) is 1. The van der Waals surface area contributed by atoms with Gasteiger partial charge in [0.2, 0.25) is 0 Å². The van der Waals surface area contributed by atoms with Crippen LogP contribution in [0.4, 0.5) is 0 Å². The second-order valence-corrected chi connectivity index (χ2v) is 7.53. The summed E-state index contributed by atoms with van der Waals surface area (Å²) in [5.41, 5.74) is 1.05. The zero-order valence-electron chi connectivity index (χ0n) is 14.0. The lowest BCUT2D eigenvalue weighted by Gasteiger charge is -2.14. The lowest BCUT2D eigenvalue weighted by molar-refractivity contribution is -0.135. The number of rotatable bonds is 6. The SMILES string of the molecule is CC(C)c1cc(Oc2c(Br)cc(C(=O)NCC(=O)O)cc2Br)ccc1O. The molecule has 0 aromatic heterocycles. The predicted molar refractivity (Wildman–Crippen MR) is 104 cm³/mol. The normalized spacial score (nSPS) is 10.7. The summed E-state index contributed by atoms with van der Waals surface area (Å²) in [4.78, 5) is 22.6. The third-order valence-electron chi connectivity index (χ3n) is 3.50. The second kappa shape index (κ2) is 8.55. The fraction of sp³-hybridized carbons (Fsp3) is 0.222. The van der Waals surface area contributed by atoms with E-state index in [1.165, 1.54) is 0 Å². The number of carbonyl (C=O) groups is 2. The van der Waals surface area contributed by atoms with Crippen LogP contribution in [0.15, 0.2) is 39.3 Å². The summed E-state index contributed by atoms with van der Waals surface area (Å²) >= 11 is 6.73. The Kier molecular flexibility index (Phi) is 6.66. The van der Waals surface area contributed by atoms with Gasteiger partial charge in [0.15, 0.2) is 5.75 Å². The Hall–Kier alpha value is -2.06. The minimum atomic E-state index is -1.12. The number of hydrogen-bond donors (Lipinski definition) is 3. The molecule has 0 aliphatic rings. The fourth-order valence-corrected chi connectivity index (χ4v) is 3.57. The number of phenolic OH excluding ortho intramolecular Hbond substituents is 1. The van der Waals surface area contributed by atoms with Gasteiger partial charge in [-0.1, -0.05) is 13.8 Å². The number of carbonyl (C=O) groups excluding carboxylic acids is 1. The van der Waals surface area contributed by atoms with Crippen LogP contribution in [-0.4, -0.2) is 28.6 Å². The molecule has 0 heterocycles. The summed E-state index contributed by atoms with van der Waals surface area (Å²) in [5.74, 6) is -0.297. The van der Waals surface area contributed by atoms with Crippen LogP contribution < -0.4 is 10.1 Å². The molecule has 0 saturated heterocycles. The zero-order chi connectivity index (χ0) is 19.4. The average Bonchev–Trinajstić information content (AvgIpc) is 2.56. The van der Waals surface area contributed by atoms with Gasteiger partial charge >= 0.3 is 5.97 Å². The van der Waals surface area contributed by atoms with E-state index in [1.54, 1.807) is 30.3 Å². The summed E-state index contributed by atoms with van der Waals surface area (Å²) in [6, 6.07) is 8.06. The number of carboxylic acids is 1. The van der Waals surface area contributed by atoms with Gasteiger partial charge in [-0.2, -0.15) is 0 Å². The summed E-state index contributed by atoms with van der Waals surface area (Å²) in [6.07, 6.45) is 0. The number of hydrogen-bond acceptors (Lipinski definition) is 4. The Morgan fingerprint density at radius 2 is 1.77 bits per heavy atom. The van der Waals surface area contributed by atoms with E-state index >= 15 is 0 Å². The van der Waals surface area contributed by atoms with Crippen LogP contribution in [0.25, 0.3) is 0 Å². The van der Waals surface area contributed by atoms with Gasteiger partial charge < -0.3 is 20.3 Å². The molecule has 26 heavy (non-hydrogen) atoms. The van der Waals surface area contributed by atoms with Crippen molar-refractivity contribution < 1.29 is 24.5 Å². The minimum Gasteiger partial charge on any atom is -0.508 e. The van der Waals surface area contributed by atoms with Gasteiger partial charge in [0.1, 0.15) is 18.0 Å². The van der Waals surface area contributed by atoms with E-state index in [9.17, 15) is 14.7 Å². The lowest BCUT2D eigenvalue weighted by atomic mass is 10.0. The molecule has 2 aromatic carbocycles. The van der Waals surface area contributed by atoms with Gasteiger partial charge in [0, 0.05) is 11.1 Å². The Balaban J connectivity index is 2.27. The van der Waals surface area contributed by atoms with Crippen molar-refractivity contribution in [1.29, 1.82) is 0 Å². The molecule has 2 aromatic rings. The maximum atomic E-state index is 12.0. The van der Waals surface area contributed by atoms with E-state index in [0.29, 0.717) is 20.4 Å². The highest BCUT2D eigenvalue weighted by atomic mass is 79.9. The molecular formula is C18H17Br2NO5. The smallest absolute Gasteiger partial charge is 0.322 e. The van der Waals surface area contributed by atoms with Gasteiger partial charge in [0.25, 0.3) is 5.91 Å². The maximum absolute atomic E-state index is 12.0. The molecule has 0 radical (unpaired) electrons. The molecule has 2 rings (SSSR count). The molecular weight excluding hydrogens is 470 g/mol. The number of amides is 1. The van der Waals surface area contributed by atoms with Crippen molar-refractivity contribution >= 4 is 43.7 Å². The molecule has 0 unspecified atom stereocenters. The number of ether oxygens (including phenoxy) is 1. The lowest BCUT2D eigenvalue weighted by Crippen LogP contribution is -2.29. The van der Waals surface area contributed by atoms with E-state index in [-0.39, 0.29) is 17.2 Å². The summed E-state index contributed by atoms with van der Waals surface area (Å²) < 4.78 is 6.93. The van der Waals surface area contributed by atoms with Crippen molar-refractivity contribution in [1.82, 2.24) is 5.32 Å². The van der Waals surface area contributed by atoms with Gasteiger partial charge in [-0.05, 0) is 68.1 Å². The quantitative estimate of drug-likeness (QED) is 0.552. The van der Waals surface area contributed by atoms with Crippen LogP contribution in [-0.2, 0) is 4.79 Å². The summed E-state index contributed by atoms with van der Waals surface area (Å²) in [5, 5.41) is 20.8. The Morgan fingerprint density at radius 1 is 1.15 bits per heavy atom. The molecule has 0 fully saturated rings. The highest BCUT2D eigenvalue weighted by Crippen LogP contribution is 2.39. The molecule has 0 saturated carbocycles. The molecule has 1 amide bonds. The van der Waals surface area contributed by atoms with Crippen LogP contribution in [0.3, 0.4) is 0 Å². The third-order valence-corrected chi connectivity index (χ3v) is 4.68. The minimum absolute atomic E-state index is 0.130. The van der Waals surface area contributed by atoms with Gasteiger partial charge in [-0.15, -0.1) is 0 Å². The molecule has 138 valence electrons. The molecule has 0 bridgehead atoms. The third kappa shape index (κ3) is 4.98. The van der Waals surface area contributed by atoms with Crippen molar-refractivity contribution in [3.8, 4) is 17.2 Å². The maximum Gasteiger partial charge on any atom is 0.322 e. The Labute approximate surface area is 167 Å². The van der Waals surface area contributed by atoms with Gasteiger partial charge in [-0.3, -0.25) is 9.59 Å². The van der Waals surface area contributed by atoms with E-state index < -0.39 is 18.4 Å². The summed E-state index contributed by atoms with van der Waals surface area (Å²) in [7, 11) is 0. The molecule has 3 N–H and O–H groups in total. The monoisotopic (exact) mass is 485 g/mol. The van der Waals surface area contributed by atoms with Gasteiger partial charge in [-0.25, -0.2) is 0 Å². The highest BCUT2D eigenvalue weighted by Gasteiger charge is 2.16. The predicted octanol–water partition coefficient (Wildman–Crippen LogP) is 4.65. The van der Waals surface area contributed by atoms with E-state index in [4.69, 9.17) is 9.84 Å². The van der Waals surface area contributed by atoms with Crippen LogP contribution in [0, 0.1) is 0 Å². The largest absolute Gasteiger partial charge is 0.508 e. The Morgan fingerprint density at radius 3 is 2.31 bits per heavy atom. The topological polar surface area (TPSA) is 95.9 Å². The standard InChI is InChI=1S/C18H17Br2NO5/c1-9(2)12-7-11(3-4-15(12)22)26-17-13(19)5-10(6-14(17)20)18(25)21-8-16(23)24/h3-7,9,22H,8H2,1-2H3,(H,21,25)(H,23,24). The first kappa shape index (κ1) is 20.3. The fourth-order valence-electron chi connectivity index (χ4n) is 2.22. The van der Waals surface area contributed by atoms with Crippen LogP contribution in [0.1, 0.15) is 35.7 Å². The van der Waals surface area contributed by atoms with Crippen molar-refractivity contribution in [3.05, 3.63) is 50.4 Å². The van der Waals surface area contributed by atoms with Crippen LogP contribution in [0.5, 0.6) is 17.2 Å². The Bertz CT molecular complexity index is 828. The van der Waals surface area contributed by atoms with E-state index in [1.807, 2.05) is 13.8 Å².